The summed E-state index contributed by atoms with van der Waals surface area (Å²) >= 11 is 6.05. The van der Waals surface area contributed by atoms with Crippen LogP contribution >= 0.6 is 11.8 Å². The maximum Gasteiger partial charge on any atom is 1.00 e. The molecule has 0 aliphatic carbocycles. The van der Waals surface area contributed by atoms with E-state index in [1.54, 1.807) is 0 Å². The number of hydrogen-bond donors (Lipinski definition) is 0. The van der Waals surface area contributed by atoms with E-state index in [4.69, 9.17) is 0 Å². The molecule has 0 N–H and O–H groups in total. The Hall–Kier alpha value is 0.907. The summed E-state index contributed by atoms with van der Waals surface area (Å²) in [5, 5.41) is 0. The summed E-state index contributed by atoms with van der Waals surface area (Å²) in [6, 6.07) is 0. The van der Waals surface area contributed by atoms with Crippen LogP contribution in [0, 0.1) is 0 Å². The molecule has 0 aliphatic rings. The Morgan fingerprint density at radius 3 is 2.00 bits per heavy atom. The Morgan fingerprint density at radius 1 is 1.83 bits per heavy atom. The smallest absolute Gasteiger partial charge is 0.774 e. The first kappa shape index (κ1) is 10.0. The fourth-order valence-electron chi connectivity index (χ4n) is 0. The monoisotopic (exact) mass is 112 g/mol. The van der Waals surface area contributed by atoms with Crippen LogP contribution in [0.25, 0.3) is 0 Å². The largest absolute Gasteiger partial charge is 1.00 e. The van der Waals surface area contributed by atoms with Crippen LogP contribution in [0.4, 0.5) is 0 Å². The molecule has 0 bridgehead atoms. The third-order valence-electron chi connectivity index (χ3n) is 0.228. The summed E-state index contributed by atoms with van der Waals surface area (Å²) in [4.78, 5) is 0. The van der Waals surface area contributed by atoms with Gasteiger partial charge < -0.3 is 12.6 Å². The van der Waals surface area contributed by atoms with Gasteiger partial charge >= 0.3 is 18.9 Å². The molecule has 0 amide bonds. The minimum Gasteiger partial charge on any atom is -0.774 e. The Bertz CT molecular complexity index is 44.1. The van der Waals surface area contributed by atoms with E-state index in [1.807, 2.05) is 6.26 Å². The molecule has 0 saturated heterocycles. The molecule has 0 saturated carbocycles. The molecular formula is C3H5LiS2. The van der Waals surface area contributed by atoms with Gasteiger partial charge in [0.25, 0.3) is 0 Å². The van der Waals surface area contributed by atoms with Crippen molar-refractivity contribution in [2.24, 2.45) is 0 Å². The fourth-order valence-corrected chi connectivity index (χ4v) is 0. The number of hydrogen-bond acceptors (Lipinski definition) is 2. The summed E-state index contributed by atoms with van der Waals surface area (Å²) in [7, 11) is 0. The minimum absolute atomic E-state index is 0. The Kier molecular flexibility index (Phi) is 9.85. The Balaban J connectivity index is 0. The average Bonchev–Trinajstić information content (AvgIpc) is 1.38. The predicted molar refractivity (Wildman–Crippen MR) is 30.0 cm³/mol. The maximum atomic E-state index is 4.55. The van der Waals surface area contributed by atoms with Gasteiger partial charge in [0.05, 0.1) is 0 Å². The molecule has 0 rings (SSSR count). The van der Waals surface area contributed by atoms with Crippen molar-refractivity contribution in [2.45, 2.75) is 0 Å². The second kappa shape index (κ2) is 5.91. The SMILES string of the molecule is C=C([S-])SC.[Li+]. The molecule has 30 valence electrons. The average molecular weight is 112 g/mol. The van der Waals surface area contributed by atoms with Crippen LogP contribution in [0.1, 0.15) is 0 Å². The molecule has 0 atom stereocenters. The predicted octanol–water partition coefficient (Wildman–Crippen LogP) is -1.63. The van der Waals surface area contributed by atoms with Gasteiger partial charge in [0.1, 0.15) is 0 Å². The first-order valence-electron chi connectivity index (χ1n) is 1.17. The van der Waals surface area contributed by atoms with Crippen LogP contribution in [0.2, 0.25) is 0 Å². The quantitative estimate of drug-likeness (QED) is 0.295. The van der Waals surface area contributed by atoms with E-state index in [0.29, 0.717) is 0 Å². The van der Waals surface area contributed by atoms with Gasteiger partial charge in [0.15, 0.2) is 0 Å². The van der Waals surface area contributed by atoms with Gasteiger partial charge in [0, 0.05) is 0 Å². The van der Waals surface area contributed by atoms with Crippen LogP contribution < -0.4 is 18.9 Å². The Morgan fingerprint density at radius 2 is 2.00 bits per heavy atom. The van der Waals surface area contributed by atoms with E-state index in [1.165, 1.54) is 11.8 Å². The third kappa shape index (κ3) is 8.86. The zero-order valence-electron chi connectivity index (χ0n) is 4.02. The van der Waals surface area contributed by atoms with Crippen LogP contribution in [0.3, 0.4) is 0 Å². The van der Waals surface area contributed by atoms with Gasteiger partial charge in [-0.1, -0.05) is 0 Å². The molecule has 3 heteroatoms. The fraction of sp³-hybridized carbons (Fsp3) is 0.333. The molecule has 0 unspecified atom stereocenters. The van der Waals surface area contributed by atoms with Crippen LogP contribution in [0.15, 0.2) is 10.8 Å². The van der Waals surface area contributed by atoms with Crippen molar-refractivity contribution in [3.63, 3.8) is 0 Å². The maximum absolute atomic E-state index is 4.55. The van der Waals surface area contributed by atoms with E-state index in [9.17, 15) is 0 Å². The molecule has 0 fully saturated rings. The molecule has 0 radical (unpaired) electrons. The van der Waals surface area contributed by atoms with Crippen molar-refractivity contribution in [1.29, 1.82) is 0 Å². The molecule has 0 spiro atoms. The van der Waals surface area contributed by atoms with Crippen LogP contribution in [-0.4, -0.2) is 6.26 Å². The standard InChI is InChI=1S/C3H6S2.Li/c1-3(4)5-2;/h4H,1H2,2H3;/q;+1/p-1. The summed E-state index contributed by atoms with van der Waals surface area (Å²) in [5.41, 5.74) is 0. The van der Waals surface area contributed by atoms with E-state index in [-0.39, 0.29) is 18.9 Å². The van der Waals surface area contributed by atoms with Crippen LogP contribution in [-0.2, 0) is 12.6 Å². The van der Waals surface area contributed by atoms with Gasteiger partial charge in [-0.3, -0.25) is 0 Å². The van der Waals surface area contributed by atoms with Gasteiger partial charge in [-0.05, 0) is 6.26 Å². The molecule has 6 heavy (non-hydrogen) atoms. The van der Waals surface area contributed by atoms with E-state index in [2.05, 4.69) is 19.2 Å². The molecule has 0 aromatic rings. The summed E-state index contributed by atoms with van der Waals surface area (Å²) in [5.74, 6) is 0. The zero-order valence-corrected chi connectivity index (χ0v) is 5.66. The van der Waals surface area contributed by atoms with Crippen LogP contribution in [0.5, 0.6) is 0 Å². The topological polar surface area (TPSA) is 0 Å². The molecule has 0 aliphatic heterocycles. The second-order valence-electron chi connectivity index (χ2n) is 0.576. The molecule has 0 aromatic heterocycles. The molecular weight excluding hydrogens is 107 g/mol. The first-order valence-corrected chi connectivity index (χ1v) is 2.80. The van der Waals surface area contributed by atoms with E-state index < -0.39 is 0 Å². The first-order chi connectivity index (χ1) is 2.27. The van der Waals surface area contributed by atoms with Crippen molar-refractivity contribution in [1.82, 2.24) is 0 Å². The van der Waals surface area contributed by atoms with Crippen molar-refractivity contribution < 1.29 is 18.9 Å². The molecule has 0 heterocycles. The van der Waals surface area contributed by atoms with Crippen molar-refractivity contribution in [3.05, 3.63) is 10.8 Å². The van der Waals surface area contributed by atoms with Gasteiger partial charge in [0.2, 0.25) is 0 Å². The second-order valence-corrected chi connectivity index (χ2v) is 2.23. The van der Waals surface area contributed by atoms with Crippen molar-refractivity contribution in [3.8, 4) is 0 Å². The normalized spacial score (nSPS) is 6.17. The molecule has 0 aromatic carbocycles. The minimum atomic E-state index is 0. The van der Waals surface area contributed by atoms with Gasteiger partial charge in [-0.15, -0.1) is 10.8 Å². The van der Waals surface area contributed by atoms with E-state index >= 15 is 0 Å². The number of rotatable bonds is 1. The summed E-state index contributed by atoms with van der Waals surface area (Å²) < 4.78 is 0.755. The van der Waals surface area contributed by atoms with E-state index in [0.717, 1.165) is 4.24 Å². The van der Waals surface area contributed by atoms with Crippen molar-refractivity contribution >= 4 is 24.4 Å². The molecule has 0 nitrogen and oxygen atoms in total. The van der Waals surface area contributed by atoms with Gasteiger partial charge in [-0.2, -0.15) is 11.8 Å². The summed E-state index contributed by atoms with van der Waals surface area (Å²) in [6.07, 6.45) is 1.91. The Labute approximate surface area is 60.4 Å². The third-order valence-corrected chi connectivity index (χ3v) is 1.18. The zero-order chi connectivity index (χ0) is 4.28. The van der Waals surface area contributed by atoms with Crippen molar-refractivity contribution in [2.75, 3.05) is 6.26 Å². The summed E-state index contributed by atoms with van der Waals surface area (Å²) in [6.45, 7) is 3.45. The van der Waals surface area contributed by atoms with Gasteiger partial charge in [-0.25, -0.2) is 0 Å². The number of thioether (sulfide) groups is 1.